The highest BCUT2D eigenvalue weighted by atomic mass is 127. The number of nitrogens with one attached hydrogen (secondary N) is 2. The minimum atomic E-state index is 0. The Kier molecular flexibility index (Phi) is 12.0. The number of hydrogen-bond donors (Lipinski definition) is 2. The van der Waals surface area contributed by atoms with E-state index >= 15 is 0 Å². The average Bonchev–Trinajstić information content (AvgIpc) is 2.62. The van der Waals surface area contributed by atoms with Crippen molar-refractivity contribution in [3.05, 3.63) is 0 Å². The van der Waals surface area contributed by atoms with Gasteiger partial charge in [0, 0.05) is 39.3 Å². The van der Waals surface area contributed by atoms with Crippen molar-refractivity contribution in [3.8, 4) is 0 Å². The van der Waals surface area contributed by atoms with E-state index in [0.717, 1.165) is 38.2 Å². The van der Waals surface area contributed by atoms with Gasteiger partial charge in [0.05, 0.1) is 0 Å². The van der Waals surface area contributed by atoms with Gasteiger partial charge in [0.2, 0.25) is 0 Å². The van der Waals surface area contributed by atoms with Crippen molar-refractivity contribution in [3.63, 3.8) is 0 Å². The van der Waals surface area contributed by atoms with Crippen molar-refractivity contribution in [2.75, 3.05) is 53.4 Å². The molecule has 2 aliphatic rings. The predicted octanol–water partition coefficient (Wildman–Crippen LogP) is 2.52. The van der Waals surface area contributed by atoms with Crippen LogP contribution in [0.25, 0.3) is 0 Å². The predicted molar refractivity (Wildman–Crippen MR) is 115 cm³/mol. The van der Waals surface area contributed by atoms with Crippen molar-refractivity contribution in [1.29, 1.82) is 0 Å². The van der Waals surface area contributed by atoms with Crippen LogP contribution >= 0.6 is 24.0 Å². The van der Waals surface area contributed by atoms with Gasteiger partial charge in [-0.05, 0) is 45.8 Å². The molecule has 1 saturated carbocycles. The van der Waals surface area contributed by atoms with E-state index in [1.54, 1.807) is 0 Å². The lowest BCUT2D eigenvalue weighted by Gasteiger charge is -2.31. The number of piperidine rings is 1. The fourth-order valence-corrected chi connectivity index (χ4v) is 3.79. The van der Waals surface area contributed by atoms with E-state index in [-0.39, 0.29) is 24.0 Å². The molecule has 1 saturated heterocycles. The summed E-state index contributed by atoms with van der Waals surface area (Å²) >= 11 is 0. The molecule has 0 amide bonds. The molecule has 1 heterocycles. The third kappa shape index (κ3) is 8.34. The van der Waals surface area contributed by atoms with Gasteiger partial charge in [0.15, 0.2) is 5.96 Å². The maximum absolute atomic E-state index is 4.34. The summed E-state index contributed by atoms with van der Waals surface area (Å²) in [4.78, 5) is 9.41. The molecule has 0 radical (unpaired) electrons. The Labute approximate surface area is 166 Å². The molecule has 24 heavy (non-hydrogen) atoms. The lowest BCUT2D eigenvalue weighted by molar-refractivity contribution is 0.194. The quantitative estimate of drug-likeness (QED) is 0.355. The number of likely N-dealkylation sites (N-methyl/N-ethyl adjacent to an activating group) is 1. The van der Waals surface area contributed by atoms with Gasteiger partial charge in [0.25, 0.3) is 0 Å². The summed E-state index contributed by atoms with van der Waals surface area (Å²) in [6.45, 7) is 6.70. The number of aliphatic imine (C=N–C) groups is 1. The minimum absolute atomic E-state index is 0. The Hall–Kier alpha value is -0.0800. The van der Waals surface area contributed by atoms with Gasteiger partial charge >= 0.3 is 0 Å². The lowest BCUT2D eigenvalue weighted by atomic mass is 9.94. The van der Waals surface area contributed by atoms with E-state index in [1.807, 2.05) is 7.05 Å². The van der Waals surface area contributed by atoms with E-state index in [0.29, 0.717) is 0 Å². The van der Waals surface area contributed by atoms with Crippen LogP contribution in [0.4, 0.5) is 0 Å². The topological polar surface area (TPSA) is 42.9 Å². The second-order valence-corrected chi connectivity index (χ2v) is 7.10. The molecule has 0 aromatic heterocycles. The SMILES string of the molecule is CN=C(NCCN1CCCCC1)NCCN(C)C1CCCCC1.I. The standard InChI is InChI=1S/C18H37N5.HI/c1-19-18(21-12-16-23-13-7-4-8-14-23)20-11-15-22(2)17-9-5-3-6-10-17;/h17H,3-16H2,1-2H3,(H2,19,20,21);1H. The molecule has 0 spiro atoms. The lowest BCUT2D eigenvalue weighted by Crippen LogP contribution is -2.45. The van der Waals surface area contributed by atoms with Crippen molar-refractivity contribution < 1.29 is 0 Å². The summed E-state index contributed by atoms with van der Waals surface area (Å²) in [6, 6.07) is 0.791. The third-order valence-electron chi connectivity index (χ3n) is 5.35. The number of halogens is 1. The first-order chi connectivity index (χ1) is 11.3. The summed E-state index contributed by atoms with van der Waals surface area (Å²) in [6.07, 6.45) is 11.1. The molecule has 2 fully saturated rings. The Morgan fingerprint density at radius 3 is 2.29 bits per heavy atom. The molecule has 5 nitrogen and oxygen atoms in total. The van der Waals surface area contributed by atoms with Crippen LogP contribution in [0.5, 0.6) is 0 Å². The highest BCUT2D eigenvalue weighted by Crippen LogP contribution is 2.21. The van der Waals surface area contributed by atoms with Crippen LogP contribution in [0, 0.1) is 0 Å². The zero-order chi connectivity index (χ0) is 16.3. The van der Waals surface area contributed by atoms with Crippen LogP contribution in [0.1, 0.15) is 51.4 Å². The second kappa shape index (κ2) is 13.2. The second-order valence-electron chi connectivity index (χ2n) is 7.10. The highest BCUT2D eigenvalue weighted by Gasteiger charge is 2.17. The normalized spacial score (nSPS) is 20.7. The van der Waals surface area contributed by atoms with Crippen molar-refractivity contribution in [1.82, 2.24) is 20.4 Å². The Balaban J connectivity index is 0.00000288. The first kappa shape index (κ1) is 22.0. The van der Waals surface area contributed by atoms with Crippen LogP contribution in [0.15, 0.2) is 4.99 Å². The van der Waals surface area contributed by atoms with Crippen molar-refractivity contribution >= 4 is 29.9 Å². The van der Waals surface area contributed by atoms with Gasteiger partial charge in [-0.1, -0.05) is 25.7 Å². The highest BCUT2D eigenvalue weighted by molar-refractivity contribution is 14.0. The summed E-state index contributed by atoms with van der Waals surface area (Å²) < 4.78 is 0. The molecule has 6 heteroatoms. The maximum atomic E-state index is 4.34. The Bertz CT molecular complexity index is 338. The number of hydrogen-bond acceptors (Lipinski definition) is 3. The van der Waals surface area contributed by atoms with Gasteiger partial charge in [-0.25, -0.2) is 0 Å². The number of rotatable bonds is 7. The van der Waals surface area contributed by atoms with Crippen LogP contribution in [0.3, 0.4) is 0 Å². The Morgan fingerprint density at radius 2 is 1.62 bits per heavy atom. The van der Waals surface area contributed by atoms with E-state index < -0.39 is 0 Å². The zero-order valence-electron chi connectivity index (χ0n) is 15.7. The molecule has 1 aliphatic heterocycles. The molecule has 1 aliphatic carbocycles. The number of likely N-dealkylation sites (tertiary alicyclic amines) is 1. The summed E-state index contributed by atoms with van der Waals surface area (Å²) in [7, 11) is 4.13. The maximum Gasteiger partial charge on any atom is 0.191 e. The third-order valence-corrected chi connectivity index (χ3v) is 5.35. The zero-order valence-corrected chi connectivity index (χ0v) is 18.1. The van der Waals surface area contributed by atoms with E-state index in [2.05, 4.69) is 32.5 Å². The largest absolute Gasteiger partial charge is 0.355 e. The Morgan fingerprint density at radius 1 is 1.00 bits per heavy atom. The minimum Gasteiger partial charge on any atom is -0.355 e. The fraction of sp³-hybridized carbons (Fsp3) is 0.944. The average molecular weight is 451 g/mol. The molecule has 0 atom stereocenters. The monoisotopic (exact) mass is 451 g/mol. The van der Waals surface area contributed by atoms with E-state index in [9.17, 15) is 0 Å². The van der Waals surface area contributed by atoms with Crippen LogP contribution in [-0.4, -0.2) is 75.2 Å². The van der Waals surface area contributed by atoms with Crippen LogP contribution in [0.2, 0.25) is 0 Å². The van der Waals surface area contributed by atoms with Gasteiger partial charge in [-0.15, -0.1) is 24.0 Å². The molecule has 0 bridgehead atoms. The molecular formula is C18H38IN5. The van der Waals surface area contributed by atoms with Gasteiger partial charge < -0.3 is 20.4 Å². The van der Waals surface area contributed by atoms with Gasteiger partial charge in [0.1, 0.15) is 0 Å². The van der Waals surface area contributed by atoms with Crippen molar-refractivity contribution in [2.24, 2.45) is 4.99 Å². The summed E-state index contributed by atoms with van der Waals surface area (Å²) in [5.74, 6) is 0.944. The van der Waals surface area contributed by atoms with Crippen LogP contribution in [-0.2, 0) is 0 Å². The van der Waals surface area contributed by atoms with Gasteiger partial charge in [-0.2, -0.15) is 0 Å². The number of nitrogens with zero attached hydrogens (tertiary/aromatic N) is 3. The fourth-order valence-electron chi connectivity index (χ4n) is 3.79. The molecule has 0 aromatic carbocycles. The summed E-state index contributed by atoms with van der Waals surface area (Å²) in [5, 5.41) is 6.90. The number of guanidine groups is 1. The molecule has 0 aromatic rings. The van der Waals surface area contributed by atoms with Crippen LogP contribution < -0.4 is 10.6 Å². The molecule has 0 unspecified atom stereocenters. The smallest absolute Gasteiger partial charge is 0.191 e. The van der Waals surface area contributed by atoms with E-state index in [4.69, 9.17) is 0 Å². The van der Waals surface area contributed by atoms with E-state index in [1.165, 1.54) is 64.5 Å². The summed E-state index contributed by atoms with van der Waals surface area (Å²) in [5.41, 5.74) is 0. The first-order valence-corrected chi connectivity index (χ1v) is 9.66. The van der Waals surface area contributed by atoms with Gasteiger partial charge in [-0.3, -0.25) is 4.99 Å². The van der Waals surface area contributed by atoms with Crippen molar-refractivity contribution in [2.45, 2.75) is 57.4 Å². The molecule has 142 valence electrons. The molecular weight excluding hydrogens is 413 g/mol. The molecule has 2 rings (SSSR count). The molecule has 2 N–H and O–H groups in total. The first-order valence-electron chi connectivity index (χ1n) is 9.66.